The fourth-order valence-corrected chi connectivity index (χ4v) is 2.58. The summed E-state index contributed by atoms with van der Waals surface area (Å²) in [6.45, 7) is 3.24. The van der Waals surface area contributed by atoms with Gasteiger partial charge in [-0.2, -0.15) is 0 Å². The molecule has 1 saturated heterocycles. The molecule has 1 unspecified atom stereocenters. The number of carbonyl (C=O) groups excluding carboxylic acids is 1. The smallest absolute Gasteiger partial charge is 0.298 e. The summed E-state index contributed by atoms with van der Waals surface area (Å²) in [5, 5.41) is 0.754. The van der Waals surface area contributed by atoms with Crippen LogP contribution in [0.25, 0.3) is 0 Å². The predicted molar refractivity (Wildman–Crippen MR) is 73.5 cm³/mol. The Morgan fingerprint density at radius 2 is 2.33 bits per heavy atom. The van der Waals surface area contributed by atoms with Crippen LogP contribution in [0.5, 0.6) is 0 Å². The molecule has 1 heterocycles. The number of piperidine rings is 1. The average Bonchev–Trinajstić information content (AvgIpc) is 2.39. The lowest BCUT2D eigenvalue weighted by atomic mass is 9.90. The van der Waals surface area contributed by atoms with E-state index in [1.807, 2.05) is 23.1 Å². The number of amides is 1. The molecule has 1 amide bonds. The molecule has 0 aromatic heterocycles. The quantitative estimate of drug-likeness (QED) is 0.712. The van der Waals surface area contributed by atoms with Crippen molar-refractivity contribution in [3.63, 3.8) is 0 Å². The van der Waals surface area contributed by atoms with Crippen LogP contribution in [-0.4, -0.2) is 23.9 Å². The molecular formula is C15H16ClNO. The van der Waals surface area contributed by atoms with Gasteiger partial charge in [-0.05, 0) is 43.4 Å². The minimum atomic E-state index is -0.0655. The number of benzene rings is 1. The first-order valence-electron chi connectivity index (χ1n) is 6.18. The third-order valence-corrected chi connectivity index (χ3v) is 3.50. The largest absolute Gasteiger partial charge is 0.331 e. The molecule has 2 rings (SSSR count). The van der Waals surface area contributed by atoms with Crippen LogP contribution in [0.3, 0.4) is 0 Å². The number of halogens is 1. The fraction of sp³-hybridized carbons (Fsp3) is 0.400. The zero-order valence-corrected chi connectivity index (χ0v) is 11.2. The highest BCUT2D eigenvalue weighted by Gasteiger charge is 2.23. The van der Waals surface area contributed by atoms with E-state index in [9.17, 15) is 4.79 Å². The van der Waals surface area contributed by atoms with Gasteiger partial charge in [-0.1, -0.05) is 29.7 Å². The molecule has 1 aliphatic rings. The van der Waals surface area contributed by atoms with Gasteiger partial charge in [0.05, 0.1) is 0 Å². The monoisotopic (exact) mass is 261 g/mol. The Morgan fingerprint density at radius 1 is 1.50 bits per heavy atom. The molecule has 0 aliphatic carbocycles. The van der Waals surface area contributed by atoms with E-state index in [1.54, 1.807) is 6.92 Å². The summed E-state index contributed by atoms with van der Waals surface area (Å²) in [6, 6.07) is 7.91. The zero-order chi connectivity index (χ0) is 13.0. The standard InChI is InChI=1S/C15H16ClNO/c1-2-5-15(18)17-9-4-7-13(11-17)12-6-3-8-14(16)10-12/h3,6,8,10,13H,4,7,9,11H2,1H3. The molecule has 0 saturated carbocycles. The normalized spacial score (nSPS) is 19.0. The second-order valence-electron chi connectivity index (χ2n) is 4.52. The van der Waals surface area contributed by atoms with Crippen molar-refractivity contribution in [3.05, 3.63) is 34.9 Å². The van der Waals surface area contributed by atoms with E-state index < -0.39 is 0 Å². The average molecular weight is 262 g/mol. The third-order valence-electron chi connectivity index (χ3n) is 3.26. The Labute approximate surface area is 113 Å². The van der Waals surface area contributed by atoms with Crippen LogP contribution in [-0.2, 0) is 4.79 Å². The number of rotatable bonds is 1. The summed E-state index contributed by atoms with van der Waals surface area (Å²) < 4.78 is 0. The van der Waals surface area contributed by atoms with Gasteiger partial charge in [0, 0.05) is 24.0 Å². The summed E-state index contributed by atoms with van der Waals surface area (Å²) in [4.78, 5) is 13.6. The molecule has 1 atom stereocenters. The number of carbonyl (C=O) groups is 1. The number of hydrogen-bond acceptors (Lipinski definition) is 1. The van der Waals surface area contributed by atoms with E-state index in [2.05, 4.69) is 17.9 Å². The maximum Gasteiger partial charge on any atom is 0.298 e. The van der Waals surface area contributed by atoms with Crippen LogP contribution in [0.4, 0.5) is 0 Å². The molecule has 0 bridgehead atoms. The molecule has 0 spiro atoms. The molecule has 94 valence electrons. The van der Waals surface area contributed by atoms with Crippen LogP contribution in [0, 0.1) is 11.8 Å². The lowest BCUT2D eigenvalue weighted by molar-refractivity contribution is -0.126. The van der Waals surface area contributed by atoms with Crippen LogP contribution < -0.4 is 0 Å². The van der Waals surface area contributed by atoms with Gasteiger partial charge >= 0.3 is 0 Å². The first-order valence-corrected chi connectivity index (χ1v) is 6.55. The number of likely N-dealkylation sites (tertiary alicyclic amines) is 1. The van der Waals surface area contributed by atoms with Crippen molar-refractivity contribution in [1.82, 2.24) is 4.90 Å². The first-order chi connectivity index (χ1) is 8.70. The minimum Gasteiger partial charge on any atom is -0.331 e. The van der Waals surface area contributed by atoms with Crippen molar-refractivity contribution in [2.24, 2.45) is 0 Å². The molecule has 2 nitrogen and oxygen atoms in total. The number of nitrogens with zero attached hydrogens (tertiary/aromatic N) is 1. The van der Waals surface area contributed by atoms with Gasteiger partial charge in [-0.25, -0.2) is 0 Å². The lowest BCUT2D eigenvalue weighted by Crippen LogP contribution is -2.38. The molecule has 1 aromatic carbocycles. The van der Waals surface area contributed by atoms with Gasteiger partial charge < -0.3 is 4.90 Å². The van der Waals surface area contributed by atoms with E-state index in [0.717, 1.165) is 31.0 Å². The highest BCUT2D eigenvalue weighted by atomic mass is 35.5. The molecule has 0 radical (unpaired) electrons. The summed E-state index contributed by atoms with van der Waals surface area (Å²) in [6.07, 6.45) is 2.12. The minimum absolute atomic E-state index is 0.0655. The SMILES string of the molecule is CC#CC(=O)N1CCCC(c2cccc(Cl)c2)C1. The Kier molecular flexibility index (Phi) is 4.28. The van der Waals surface area contributed by atoms with Gasteiger partial charge in [-0.15, -0.1) is 0 Å². The maximum absolute atomic E-state index is 11.8. The van der Waals surface area contributed by atoms with Crippen molar-refractivity contribution in [1.29, 1.82) is 0 Å². The van der Waals surface area contributed by atoms with Gasteiger partial charge in [0.1, 0.15) is 0 Å². The van der Waals surface area contributed by atoms with E-state index in [1.165, 1.54) is 5.56 Å². The zero-order valence-electron chi connectivity index (χ0n) is 10.4. The van der Waals surface area contributed by atoms with Gasteiger partial charge in [0.2, 0.25) is 0 Å². The van der Waals surface area contributed by atoms with Crippen molar-refractivity contribution in [3.8, 4) is 11.8 Å². The lowest BCUT2D eigenvalue weighted by Gasteiger charge is -2.31. The molecular weight excluding hydrogens is 246 g/mol. The second-order valence-corrected chi connectivity index (χ2v) is 4.96. The number of hydrogen-bond donors (Lipinski definition) is 0. The maximum atomic E-state index is 11.8. The van der Waals surface area contributed by atoms with Gasteiger partial charge in [0.15, 0.2) is 0 Å². The van der Waals surface area contributed by atoms with E-state index >= 15 is 0 Å². The second kappa shape index (κ2) is 5.93. The van der Waals surface area contributed by atoms with Crippen molar-refractivity contribution < 1.29 is 4.79 Å². The predicted octanol–water partition coefficient (Wildman–Crippen LogP) is 3.07. The Bertz CT molecular complexity index is 501. The third kappa shape index (κ3) is 3.05. The van der Waals surface area contributed by atoms with Crippen LogP contribution in [0.15, 0.2) is 24.3 Å². The summed E-state index contributed by atoms with van der Waals surface area (Å²) >= 11 is 6.01. The topological polar surface area (TPSA) is 20.3 Å². The summed E-state index contributed by atoms with van der Waals surface area (Å²) in [7, 11) is 0. The highest BCUT2D eigenvalue weighted by molar-refractivity contribution is 6.30. The van der Waals surface area contributed by atoms with Crippen LogP contribution >= 0.6 is 11.6 Å². The van der Waals surface area contributed by atoms with Crippen molar-refractivity contribution in [2.45, 2.75) is 25.7 Å². The van der Waals surface area contributed by atoms with Gasteiger partial charge in [-0.3, -0.25) is 4.79 Å². The molecule has 1 aromatic rings. The Hall–Kier alpha value is -1.46. The molecule has 18 heavy (non-hydrogen) atoms. The van der Waals surface area contributed by atoms with Crippen LogP contribution in [0.2, 0.25) is 5.02 Å². The van der Waals surface area contributed by atoms with Crippen LogP contribution in [0.1, 0.15) is 31.2 Å². The van der Waals surface area contributed by atoms with Crippen molar-refractivity contribution >= 4 is 17.5 Å². The van der Waals surface area contributed by atoms with E-state index in [0.29, 0.717) is 5.92 Å². The summed E-state index contributed by atoms with van der Waals surface area (Å²) in [5.74, 6) is 5.59. The van der Waals surface area contributed by atoms with Gasteiger partial charge in [0.25, 0.3) is 5.91 Å². The molecule has 3 heteroatoms. The van der Waals surface area contributed by atoms with E-state index in [4.69, 9.17) is 11.6 Å². The molecule has 0 N–H and O–H groups in total. The highest BCUT2D eigenvalue weighted by Crippen LogP contribution is 2.28. The Balaban J connectivity index is 2.11. The first kappa shape index (κ1) is 13.0. The molecule has 1 aliphatic heterocycles. The van der Waals surface area contributed by atoms with Crippen molar-refractivity contribution in [2.75, 3.05) is 13.1 Å². The Morgan fingerprint density at radius 3 is 3.06 bits per heavy atom. The fourth-order valence-electron chi connectivity index (χ4n) is 2.38. The molecule has 1 fully saturated rings. The summed E-state index contributed by atoms with van der Waals surface area (Å²) in [5.41, 5.74) is 1.21. The van der Waals surface area contributed by atoms with E-state index in [-0.39, 0.29) is 5.91 Å².